The van der Waals surface area contributed by atoms with Gasteiger partial charge in [-0.25, -0.2) is 0 Å². The van der Waals surface area contributed by atoms with Crippen LogP contribution in [-0.2, 0) is 6.18 Å². The van der Waals surface area contributed by atoms with Crippen molar-refractivity contribution in [1.82, 2.24) is 0 Å². The largest absolute Gasteiger partial charge is 0.423 e. The Morgan fingerprint density at radius 3 is 2.00 bits per heavy atom. The number of alkyl halides is 3. The monoisotopic (exact) mass is 250 g/mol. The van der Waals surface area contributed by atoms with Gasteiger partial charge in [0.05, 0.1) is 9.85 Å². The molecule has 17 heavy (non-hydrogen) atoms. The summed E-state index contributed by atoms with van der Waals surface area (Å²) in [5.41, 5.74) is -4.39. The third kappa shape index (κ3) is 2.49. The molecule has 0 amide bonds. The summed E-state index contributed by atoms with van der Waals surface area (Å²) >= 11 is 0. The Morgan fingerprint density at radius 2 is 1.65 bits per heavy atom. The van der Waals surface area contributed by atoms with Crippen molar-refractivity contribution in [3.63, 3.8) is 0 Å². The molecule has 0 N–H and O–H groups in total. The predicted molar refractivity (Wildman–Crippen MR) is 49.5 cm³/mol. The Kier molecular flexibility index (Phi) is 3.03. The number of hydrogen-bond acceptors (Lipinski definition) is 4. The number of nitro benzene ring substituents is 2. The lowest BCUT2D eigenvalue weighted by Gasteiger charge is -2.08. The first-order chi connectivity index (χ1) is 7.64. The third-order valence-electron chi connectivity index (χ3n) is 1.92. The minimum absolute atomic E-state index is 0.0744. The Morgan fingerprint density at radius 1 is 1.12 bits per heavy atom. The van der Waals surface area contributed by atoms with Crippen LogP contribution < -0.4 is 0 Å². The van der Waals surface area contributed by atoms with Gasteiger partial charge in [-0.15, -0.1) is 0 Å². The average molecular weight is 250 g/mol. The van der Waals surface area contributed by atoms with Gasteiger partial charge in [-0.3, -0.25) is 20.2 Å². The van der Waals surface area contributed by atoms with E-state index in [2.05, 4.69) is 0 Å². The van der Waals surface area contributed by atoms with E-state index in [1.807, 2.05) is 0 Å². The summed E-state index contributed by atoms with van der Waals surface area (Å²) in [6.45, 7) is 1.19. The fraction of sp³-hybridized carbons (Fsp3) is 0.250. The standard InChI is InChI=1S/C8H5F3N2O4/c1-4-2-5(8(9,10)11)7(13(16)17)6(3-4)12(14)15/h2-3H,1H3. The lowest BCUT2D eigenvalue weighted by molar-refractivity contribution is -0.424. The lowest BCUT2D eigenvalue weighted by Crippen LogP contribution is -2.11. The molecule has 0 saturated heterocycles. The molecule has 0 bridgehead atoms. The van der Waals surface area contributed by atoms with Gasteiger partial charge in [0, 0.05) is 6.07 Å². The average Bonchev–Trinajstić information content (AvgIpc) is 2.14. The van der Waals surface area contributed by atoms with E-state index in [0.29, 0.717) is 6.07 Å². The molecule has 0 aliphatic heterocycles. The van der Waals surface area contributed by atoms with Gasteiger partial charge < -0.3 is 0 Å². The van der Waals surface area contributed by atoms with Crippen molar-refractivity contribution in [2.45, 2.75) is 13.1 Å². The highest BCUT2D eigenvalue weighted by Gasteiger charge is 2.43. The van der Waals surface area contributed by atoms with Crippen molar-refractivity contribution >= 4 is 11.4 Å². The SMILES string of the molecule is Cc1cc([N+](=O)[O-])c([N+](=O)[O-])c(C(F)(F)F)c1. The maximum absolute atomic E-state index is 12.5. The number of rotatable bonds is 2. The van der Waals surface area contributed by atoms with Gasteiger partial charge in [-0.1, -0.05) is 0 Å². The van der Waals surface area contributed by atoms with Crippen molar-refractivity contribution < 1.29 is 23.0 Å². The van der Waals surface area contributed by atoms with Gasteiger partial charge in [0.1, 0.15) is 5.56 Å². The fourth-order valence-electron chi connectivity index (χ4n) is 1.31. The Bertz CT molecular complexity index is 498. The maximum atomic E-state index is 12.5. The summed E-state index contributed by atoms with van der Waals surface area (Å²) in [6.07, 6.45) is -5.01. The number of nitrogens with zero attached hydrogens (tertiary/aromatic N) is 2. The molecule has 0 atom stereocenters. The highest BCUT2D eigenvalue weighted by Crippen LogP contribution is 2.41. The Labute approximate surface area is 92.0 Å². The minimum Gasteiger partial charge on any atom is -0.258 e. The number of benzene rings is 1. The quantitative estimate of drug-likeness (QED) is 0.596. The number of halogens is 3. The smallest absolute Gasteiger partial charge is 0.258 e. The number of aryl methyl sites for hydroxylation is 1. The number of hydrogen-bond donors (Lipinski definition) is 0. The molecule has 0 fully saturated rings. The zero-order valence-electron chi connectivity index (χ0n) is 8.32. The molecule has 0 unspecified atom stereocenters. The molecule has 0 aromatic heterocycles. The van der Waals surface area contributed by atoms with E-state index in [1.54, 1.807) is 0 Å². The van der Waals surface area contributed by atoms with Crippen LogP contribution in [0.5, 0.6) is 0 Å². The second-order valence-corrected chi connectivity index (χ2v) is 3.19. The van der Waals surface area contributed by atoms with Gasteiger partial charge in [0.25, 0.3) is 0 Å². The molecule has 1 aromatic rings. The van der Waals surface area contributed by atoms with Gasteiger partial charge in [-0.05, 0) is 18.6 Å². The van der Waals surface area contributed by atoms with Crippen LogP contribution in [0.15, 0.2) is 12.1 Å². The van der Waals surface area contributed by atoms with Crippen LogP contribution in [-0.4, -0.2) is 9.85 Å². The second kappa shape index (κ2) is 4.00. The molecule has 1 rings (SSSR count). The van der Waals surface area contributed by atoms with E-state index in [-0.39, 0.29) is 5.56 Å². The van der Waals surface area contributed by atoms with Crippen LogP contribution >= 0.6 is 0 Å². The summed E-state index contributed by atoms with van der Waals surface area (Å²) in [7, 11) is 0. The van der Waals surface area contributed by atoms with Crippen LogP contribution in [0.3, 0.4) is 0 Å². The summed E-state index contributed by atoms with van der Waals surface area (Å²) in [4.78, 5) is 18.4. The maximum Gasteiger partial charge on any atom is 0.423 e. The summed E-state index contributed by atoms with van der Waals surface area (Å²) in [6, 6.07) is 1.23. The first kappa shape index (κ1) is 12.9. The van der Waals surface area contributed by atoms with Crippen molar-refractivity contribution in [2.75, 3.05) is 0 Å². The molecule has 0 aliphatic carbocycles. The van der Waals surface area contributed by atoms with Gasteiger partial charge in [-0.2, -0.15) is 13.2 Å². The van der Waals surface area contributed by atoms with Crippen molar-refractivity contribution in [3.05, 3.63) is 43.5 Å². The van der Waals surface area contributed by atoms with Crippen LogP contribution in [0.25, 0.3) is 0 Å². The highest BCUT2D eigenvalue weighted by molar-refractivity contribution is 5.60. The predicted octanol–water partition coefficient (Wildman–Crippen LogP) is 2.83. The summed E-state index contributed by atoms with van der Waals surface area (Å²) in [5, 5.41) is 21.0. The fourth-order valence-corrected chi connectivity index (χ4v) is 1.31. The number of nitro groups is 2. The summed E-state index contributed by atoms with van der Waals surface area (Å²) < 4.78 is 37.5. The zero-order valence-corrected chi connectivity index (χ0v) is 8.32. The van der Waals surface area contributed by atoms with Crippen LogP contribution in [0.1, 0.15) is 11.1 Å². The second-order valence-electron chi connectivity index (χ2n) is 3.19. The van der Waals surface area contributed by atoms with Gasteiger partial charge in [0.2, 0.25) is 0 Å². The highest BCUT2D eigenvalue weighted by atomic mass is 19.4. The van der Waals surface area contributed by atoms with Crippen molar-refractivity contribution in [3.8, 4) is 0 Å². The van der Waals surface area contributed by atoms with E-state index in [1.165, 1.54) is 6.92 Å². The Balaban J connectivity index is 3.70. The zero-order chi connectivity index (χ0) is 13.4. The van der Waals surface area contributed by atoms with Gasteiger partial charge >= 0.3 is 17.6 Å². The first-order valence-corrected chi connectivity index (χ1v) is 4.15. The van der Waals surface area contributed by atoms with Gasteiger partial charge in [0.15, 0.2) is 0 Å². The van der Waals surface area contributed by atoms with Crippen LogP contribution in [0.2, 0.25) is 0 Å². The van der Waals surface area contributed by atoms with E-state index >= 15 is 0 Å². The van der Waals surface area contributed by atoms with E-state index in [0.717, 1.165) is 6.07 Å². The molecule has 0 saturated carbocycles. The molecule has 0 heterocycles. The molecule has 92 valence electrons. The molecule has 6 nitrogen and oxygen atoms in total. The van der Waals surface area contributed by atoms with E-state index in [4.69, 9.17) is 0 Å². The van der Waals surface area contributed by atoms with Crippen LogP contribution in [0.4, 0.5) is 24.5 Å². The van der Waals surface area contributed by atoms with E-state index in [9.17, 15) is 33.4 Å². The Hall–Kier alpha value is -2.19. The summed E-state index contributed by atoms with van der Waals surface area (Å²) in [5.74, 6) is 0. The molecule has 0 aliphatic rings. The molecule has 9 heteroatoms. The molecular weight excluding hydrogens is 245 g/mol. The molecule has 0 radical (unpaired) electrons. The van der Waals surface area contributed by atoms with Crippen molar-refractivity contribution in [1.29, 1.82) is 0 Å². The molecule has 1 aromatic carbocycles. The third-order valence-corrected chi connectivity index (χ3v) is 1.92. The molecular formula is C8H5F3N2O4. The van der Waals surface area contributed by atoms with E-state index < -0.39 is 33.0 Å². The van der Waals surface area contributed by atoms with Crippen LogP contribution in [0, 0.1) is 27.2 Å². The molecule has 0 spiro atoms. The minimum atomic E-state index is -5.01. The first-order valence-electron chi connectivity index (χ1n) is 4.15. The topological polar surface area (TPSA) is 86.3 Å². The normalized spacial score (nSPS) is 11.3. The lowest BCUT2D eigenvalue weighted by atomic mass is 10.1. The van der Waals surface area contributed by atoms with Crippen molar-refractivity contribution in [2.24, 2.45) is 0 Å².